The number of hydrogen-bond donors (Lipinski definition) is 0. The van der Waals surface area contributed by atoms with Crippen molar-refractivity contribution in [2.75, 3.05) is 26.3 Å². The van der Waals surface area contributed by atoms with Crippen LogP contribution in [-0.2, 0) is 4.74 Å². The molecule has 0 aromatic carbocycles. The highest BCUT2D eigenvalue weighted by Gasteiger charge is 2.80. The van der Waals surface area contributed by atoms with Crippen LogP contribution in [-0.4, -0.2) is 36.7 Å². The van der Waals surface area contributed by atoms with Crippen LogP contribution in [0.4, 0.5) is 0 Å². The molecule has 2 heteroatoms. The highest BCUT2D eigenvalue weighted by molar-refractivity contribution is 5.45. The first-order chi connectivity index (χ1) is 16.9. The summed E-state index contributed by atoms with van der Waals surface area (Å²) in [6.07, 6.45) is 17.8. The Bertz CT molecular complexity index is 1000. The SMILES string of the molecule is CCOCC[C@@H]1CCC[C@]12C[C@@H](C)[C@]13CCC(C)=C1C[C@]21CN2C[C@]24CCC[C@H]4CC#CC[C@]13C. The Kier molecular flexibility index (Phi) is 5.09. The lowest BCUT2D eigenvalue weighted by Gasteiger charge is -2.67. The number of rotatable bonds is 4. The zero-order valence-corrected chi connectivity index (χ0v) is 23.1. The Morgan fingerprint density at radius 3 is 2.80 bits per heavy atom. The van der Waals surface area contributed by atoms with Gasteiger partial charge in [0.25, 0.3) is 0 Å². The maximum absolute atomic E-state index is 6.01. The summed E-state index contributed by atoms with van der Waals surface area (Å²) >= 11 is 0. The van der Waals surface area contributed by atoms with Gasteiger partial charge in [-0.15, -0.1) is 11.8 Å². The van der Waals surface area contributed by atoms with Gasteiger partial charge in [0.15, 0.2) is 0 Å². The van der Waals surface area contributed by atoms with Gasteiger partial charge in [-0.05, 0) is 106 Å². The van der Waals surface area contributed by atoms with E-state index in [9.17, 15) is 0 Å². The second kappa shape index (κ2) is 7.63. The van der Waals surface area contributed by atoms with Gasteiger partial charge >= 0.3 is 0 Å². The first-order valence-electron chi connectivity index (χ1n) is 15.4. The van der Waals surface area contributed by atoms with E-state index >= 15 is 0 Å². The zero-order valence-electron chi connectivity index (χ0n) is 23.1. The van der Waals surface area contributed by atoms with E-state index in [0.29, 0.717) is 27.2 Å². The molecule has 0 aromatic rings. The van der Waals surface area contributed by atoms with E-state index in [1.807, 2.05) is 5.57 Å². The quantitative estimate of drug-likeness (QED) is 0.182. The normalized spacial score (nSPS) is 53.6. The second-order valence-electron chi connectivity index (χ2n) is 14.4. The molecule has 2 heterocycles. The van der Waals surface area contributed by atoms with E-state index in [4.69, 9.17) is 4.74 Å². The summed E-state index contributed by atoms with van der Waals surface area (Å²) in [6.45, 7) is 14.7. The van der Waals surface area contributed by atoms with Crippen LogP contribution in [0.5, 0.6) is 0 Å². The van der Waals surface area contributed by atoms with Crippen LogP contribution >= 0.6 is 0 Å². The van der Waals surface area contributed by atoms with E-state index in [1.165, 1.54) is 83.7 Å². The van der Waals surface area contributed by atoms with E-state index in [0.717, 1.165) is 43.8 Å². The predicted octanol–water partition coefficient (Wildman–Crippen LogP) is 7.38. The maximum Gasteiger partial charge on any atom is 0.0468 e. The molecule has 5 fully saturated rings. The van der Waals surface area contributed by atoms with Crippen molar-refractivity contribution in [1.82, 2.24) is 4.90 Å². The topological polar surface area (TPSA) is 12.2 Å². The smallest absolute Gasteiger partial charge is 0.0468 e. The molecule has 1 unspecified atom stereocenters. The van der Waals surface area contributed by atoms with E-state index in [2.05, 4.69) is 44.4 Å². The molecule has 0 N–H and O–H groups in total. The lowest BCUT2D eigenvalue weighted by atomic mass is 9.36. The first-order valence-corrected chi connectivity index (χ1v) is 15.4. The van der Waals surface area contributed by atoms with Crippen LogP contribution in [0.1, 0.15) is 111 Å². The zero-order chi connectivity index (χ0) is 24.1. The molecular weight excluding hydrogens is 426 g/mol. The molecule has 35 heavy (non-hydrogen) atoms. The Morgan fingerprint density at radius 1 is 1.09 bits per heavy atom. The van der Waals surface area contributed by atoms with Gasteiger partial charge in [0.1, 0.15) is 0 Å². The molecule has 2 bridgehead atoms. The third-order valence-electron chi connectivity index (χ3n) is 14.0. The lowest BCUT2D eigenvalue weighted by Crippen LogP contribution is -2.64. The fourth-order valence-corrected chi connectivity index (χ4v) is 12.5. The van der Waals surface area contributed by atoms with Crippen LogP contribution in [0.15, 0.2) is 11.1 Å². The Morgan fingerprint density at radius 2 is 1.94 bits per heavy atom. The number of nitrogens with zero attached hydrogens (tertiary/aromatic N) is 1. The van der Waals surface area contributed by atoms with Gasteiger partial charge < -0.3 is 4.74 Å². The van der Waals surface area contributed by atoms with Crippen molar-refractivity contribution in [2.24, 2.45) is 39.4 Å². The van der Waals surface area contributed by atoms with Gasteiger partial charge in [0, 0.05) is 50.1 Å². The van der Waals surface area contributed by atoms with Gasteiger partial charge in [-0.2, -0.15) is 0 Å². The molecular formula is C33H49NO. The molecule has 0 aromatic heterocycles. The fraction of sp³-hybridized carbons (Fsp3) is 0.879. The van der Waals surface area contributed by atoms with Crippen molar-refractivity contribution in [1.29, 1.82) is 0 Å². The number of ether oxygens (including phenoxy) is 1. The van der Waals surface area contributed by atoms with Crippen LogP contribution in [0.25, 0.3) is 0 Å². The largest absolute Gasteiger partial charge is 0.382 e. The van der Waals surface area contributed by atoms with Gasteiger partial charge in [0.05, 0.1) is 0 Å². The van der Waals surface area contributed by atoms with Crippen molar-refractivity contribution < 1.29 is 4.74 Å². The fourth-order valence-electron chi connectivity index (χ4n) is 12.5. The van der Waals surface area contributed by atoms with Gasteiger partial charge in [-0.1, -0.05) is 37.8 Å². The molecule has 0 amide bonds. The summed E-state index contributed by atoms with van der Waals surface area (Å²) in [6, 6.07) is 0. The van der Waals surface area contributed by atoms with Crippen LogP contribution in [0.3, 0.4) is 0 Å². The summed E-state index contributed by atoms with van der Waals surface area (Å²) in [5, 5.41) is 0. The van der Waals surface area contributed by atoms with Crippen LogP contribution in [0, 0.1) is 51.3 Å². The van der Waals surface area contributed by atoms with Crippen molar-refractivity contribution in [3.8, 4) is 11.8 Å². The van der Waals surface area contributed by atoms with E-state index in [-0.39, 0.29) is 0 Å². The van der Waals surface area contributed by atoms with E-state index < -0.39 is 0 Å². The molecule has 2 nitrogen and oxygen atoms in total. The minimum Gasteiger partial charge on any atom is -0.382 e. The second-order valence-corrected chi connectivity index (χ2v) is 14.4. The third kappa shape index (κ3) is 2.62. The van der Waals surface area contributed by atoms with E-state index in [1.54, 1.807) is 5.57 Å². The molecule has 7 rings (SSSR count). The van der Waals surface area contributed by atoms with Crippen molar-refractivity contribution in [3.63, 3.8) is 0 Å². The highest BCUT2D eigenvalue weighted by Crippen LogP contribution is 2.85. The van der Waals surface area contributed by atoms with Gasteiger partial charge in [0.2, 0.25) is 0 Å². The Labute approximate surface area is 215 Å². The first kappa shape index (κ1) is 23.3. The molecule has 4 saturated carbocycles. The van der Waals surface area contributed by atoms with Gasteiger partial charge in [-0.3, -0.25) is 4.90 Å². The minimum atomic E-state index is 0.307. The van der Waals surface area contributed by atoms with Crippen molar-refractivity contribution in [2.45, 2.75) is 117 Å². The monoisotopic (exact) mass is 475 g/mol. The molecule has 1 saturated heterocycles. The lowest BCUT2D eigenvalue weighted by molar-refractivity contribution is -0.195. The maximum atomic E-state index is 6.01. The number of hydrogen-bond acceptors (Lipinski definition) is 2. The number of allylic oxidation sites excluding steroid dienone is 2. The molecule has 5 aliphatic carbocycles. The average molecular weight is 476 g/mol. The minimum absolute atomic E-state index is 0.307. The summed E-state index contributed by atoms with van der Waals surface area (Å²) in [4.78, 5) is 3.05. The highest BCUT2D eigenvalue weighted by atomic mass is 16.5. The summed E-state index contributed by atoms with van der Waals surface area (Å²) in [5.41, 5.74) is 5.79. The summed E-state index contributed by atoms with van der Waals surface area (Å²) < 4.78 is 6.01. The predicted molar refractivity (Wildman–Crippen MR) is 143 cm³/mol. The Hall–Kier alpha value is -0.780. The van der Waals surface area contributed by atoms with Crippen molar-refractivity contribution in [3.05, 3.63) is 11.1 Å². The van der Waals surface area contributed by atoms with Crippen molar-refractivity contribution >= 4 is 0 Å². The average Bonchev–Trinajstić information content (AvgIpc) is 3.13. The molecule has 9 atom stereocenters. The molecule has 192 valence electrons. The van der Waals surface area contributed by atoms with Crippen LogP contribution in [0.2, 0.25) is 0 Å². The molecule has 7 aliphatic rings. The van der Waals surface area contributed by atoms with Crippen LogP contribution < -0.4 is 0 Å². The van der Waals surface area contributed by atoms with Gasteiger partial charge in [-0.25, -0.2) is 0 Å². The molecule has 3 spiro atoms. The molecule has 2 aliphatic heterocycles. The summed E-state index contributed by atoms with van der Waals surface area (Å²) in [7, 11) is 0. The third-order valence-corrected chi connectivity index (χ3v) is 14.0. The summed E-state index contributed by atoms with van der Waals surface area (Å²) in [5.74, 6) is 10.2. The molecule has 0 radical (unpaired) electrons. The standard InChI is InChI=1S/C33H49NO/c1-5-35-19-14-26-11-8-16-30(26)20-25(3)33-18-13-24(2)28(33)21-32(30)23-34-22-31(34)17-9-12-27(31)10-6-7-15-29(32,33)4/h25-27H,5,8-23H2,1-4H3/t25-,26+,27-,29-,30+,31+,32-,33-,34?/m1/s1. The Balaban J connectivity index is 1.41.